The smallest absolute Gasteiger partial charge is 0.202 e. The van der Waals surface area contributed by atoms with Gasteiger partial charge in [0.15, 0.2) is 0 Å². The van der Waals surface area contributed by atoms with Gasteiger partial charge in [0, 0.05) is 36.1 Å². The molecule has 0 fully saturated rings. The van der Waals surface area contributed by atoms with E-state index >= 15 is 0 Å². The Kier molecular flexibility index (Phi) is 4.44. The molecule has 0 saturated carbocycles. The number of anilines is 1. The van der Waals surface area contributed by atoms with Crippen molar-refractivity contribution in [3.63, 3.8) is 0 Å². The number of nitrogens with two attached hydrogens (primary N) is 1. The summed E-state index contributed by atoms with van der Waals surface area (Å²) >= 11 is 1.30. The van der Waals surface area contributed by atoms with Crippen LogP contribution in [0.3, 0.4) is 0 Å². The standard InChI is InChI=1S/C13H17FN4S/c1-8(2)12-17-13(19-18-12)16-7-10-4-3-9(6-15)5-11(10)14/h3-5,8H,6-7,15H2,1-2H3,(H,16,17,18). The Balaban J connectivity index is 2.01. The van der Waals surface area contributed by atoms with Crippen LogP contribution < -0.4 is 11.1 Å². The second-order valence-electron chi connectivity index (χ2n) is 4.60. The summed E-state index contributed by atoms with van der Waals surface area (Å²) in [6, 6.07) is 5.05. The van der Waals surface area contributed by atoms with Crippen molar-refractivity contribution in [2.45, 2.75) is 32.9 Å². The average molecular weight is 280 g/mol. The van der Waals surface area contributed by atoms with Crippen molar-refractivity contribution < 1.29 is 4.39 Å². The lowest BCUT2D eigenvalue weighted by molar-refractivity contribution is 0.610. The van der Waals surface area contributed by atoms with E-state index in [1.807, 2.05) is 19.9 Å². The van der Waals surface area contributed by atoms with Crippen LogP contribution >= 0.6 is 11.5 Å². The molecule has 0 saturated heterocycles. The first-order valence-corrected chi connectivity index (χ1v) is 6.92. The topological polar surface area (TPSA) is 63.8 Å². The normalized spacial score (nSPS) is 11.0. The number of rotatable bonds is 5. The fraction of sp³-hybridized carbons (Fsp3) is 0.385. The van der Waals surface area contributed by atoms with Crippen LogP contribution in [0.25, 0.3) is 0 Å². The second-order valence-corrected chi connectivity index (χ2v) is 5.35. The number of benzene rings is 1. The van der Waals surface area contributed by atoms with Gasteiger partial charge < -0.3 is 11.1 Å². The van der Waals surface area contributed by atoms with Crippen LogP contribution in [-0.4, -0.2) is 9.36 Å². The zero-order valence-corrected chi connectivity index (χ0v) is 11.8. The highest BCUT2D eigenvalue weighted by molar-refractivity contribution is 7.09. The van der Waals surface area contributed by atoms with Crippen molar-refractivity contribution in [3.05, 3.63) is 41.0 Å². The van der Waals surface area contributed by atoms with E-state index in [0.29, 0.717) is 29.7 Å². The number of hydrogen-bond donors (Lipinski definition) is 2. The Hall–Kier alpha value is -1.53. The number of hydrogen-bond acceptors (Lipinski definition) is 5. The van der Waals surface area contributed by atoms with Crippen LogP contribution in [0.4, 0.5) is 9.52 Å². The third kappa shape index (κ3) is 3.48. The summed E-state index contributed by atoms with van der Waals surface area (Å²) < 4.78 is 18.0. The number of nitrogens with one attached hydrogen (secondary N) is 1. The summed E-state index contributed by atoms with van der Waals surface area (Å²) in [6.45, 7) is 4.82. The Morgan fingerprint density at radius 2 is 2.21 bits per heavy atom. The largest absolute Gasteiger partial charge is 0.356 e. The van der Waals surface area contributed by atoms with Crippen molar-refractivity contribution in [2.75, 3.05) is 5.32 Å². The first kappa shape index (κ1) is 13.9. The highest BCUT2D eigenvalue weighted by atomic mass is 32.1. The number of nitrogens with zero attached hydrogens (tertiary/aromatic N) is 2. The van der Waals surface area contributed by atoms with Gasteiger partial charge in [-0.2, -0.15) is 4.37 Å². The molecular formula is C13H17FN4S. The minimum Gasteiger partial charge on any atom is -0.356 e. The Bertz CT molecular complexity index is 553. The van der Waals surface area contributed by atoms with Crippen LogP contribution in [-0.2, 0) is 13.1 Å². The molecule has 1 aromatic heterocycles. The molecule has 0 radical (unpaired) electrons. The van der Waals surface area contributed by atoms with Crippen molar-refractivity contribution in [3.8, 4) is 0 Å². The summed E-state index contributed by atoms with van der Waals surface area (Å²) in [5, 5.41) is 3.80. The van der Waals surface area contributed by atoms with Crippen LogP contribution in [0, 0.1) is 5.82 Å². The Morgan fingerprint density at radius 3 is 2.79 bits per heavy atom. The van der Waals surface area contributed by atoms with Gasteiger partial charge in [-0.25, -0.2) is 9.37 Å². The molecule has 3 N–H and O–H groups in total. The molecule has 1 aromatic carbocycles. The summed E-state index contributed by atoms with van der Waals surface area (Å²) in [5.41, 5.74) is 6.85. The summed E-state index contributed by atoms with van der Waals surface area (Å²) in [5.74, 6) is 0.864. The lowest BCUT2D eigenvalue weighted by Gasteiger charge is -2.05. The molecule has 19 heavy (non-hydrogen) atoms. The maximum atomic E-state index is 13.7. The predicted molar refractivity (Wildman–Crippen MR) is 75.6 cm³/mol. The van der Waals surface area contributed by atoms with Crippen LogP contribution in [0.5, 0.6) is 0 Å². The van der Waals surface area contributed by atoms with Crippen molar-refractivity contribution in [1.29, 1.82) is 0 Å². The molecule has 0 atom stereocenters. The predicted octanol–water partition coefficient (Wildman–Crippen LogP) is 2.87. The van der Waals surface area contributed by atoms with Crippen molar-refractivity contribution in [2.24, 2.45) is 5.73 Å². The van der Waals surface area contributed by atoms with E-state index in [4.69, 9.17) is 5.73 Å². The Morgan fingerprint density at radius 1 is 1.42 bits per heavy atom. The molecule has 1 heterocycles. The van der Waals surface area contributed by atoms with Crippen LogP contribution in [0.15, 0.2) is 18.2 Å². The monoisotopic (exact) mass is 280 g/mol. The van der Waals surface area contributed by atoms with E-state index in [-0.39, 0.29) is 5.82 Å². The van der Waals surface area contributed by atoms with Gasteiger partial charge in [-0.05, 0) is 11.6 Å². The molecule has 0 aliphatic carbocycles. The highest BCUT2D eigenvalue weighted by Crippen LogP contribution is 2.19. The number of halogens is 1. The van der Waals surface area contributed by atoms with Gasteiger partial charge in [-0.3, -0.25) is 0 Å². The summed E-state index contributed by atoms with van der Waals surface area (Å²) in [7, 11) is 0. The first-order valence-electron chi connectivity index (χ1n) is 6.15. The van der Waals surface area contributed by atoms with Gasteiger partial charge in [0.1, 0.15) is 11.6 Å². The summed E-state index contributed by atoms with van der Waals surface area (Å²) in [6.07, 6.45) is 0. The molecule has 0 bridgehead atoms. The van der Waals surface area contributed by atoms with Gasteiger partial charge in [-0.1, -0.05) is 26.0 Å². The minimum atomic E-state index is -0.246. The van der Waals surface area contributed by atoms with E-state index in [2.05, 4.69) is 14.7 Å². The minimum absolute atomic E-state index is 0.246. The molecule has 0 spiro atoms. The highest BCUT2D eigenvalue weighted by Gasteiger charge is 2.08. The van der Waals surface area contributed by atoms with Crippen molar-refractivity contribution in [1.82, 2.24) is 9.36 Å². The molecule has 0 aliphatic heterocycles. The molecular weight excluding hydrogens is 263 g/mol. The third-order valence-electron chi connectivity index (χ3n) is 2.74. The fourth-order valence-corrected chi connectivity index (χ4v) is 2.28. The second kappa shape index (κ2) is 6.08. The molecule has 102 valence electrons. The van der Waals surface area contributed by atoms with Gasteiger partial charge in [0.2, 0.25) is 5.13 Å². The molecule has 6 heteroatoms. The fourth-order valence-electron chi connectivity index (χ4n) is 1.57. The van der Waals surface area contributed by atoms with Gasteiger partial charge >= 0.3 is 0 Å². The van der Waals surface area contributed by atoms with E-state index in [9.17, 15) is 4.39 Å². The SMILES string of the molecule is CC(C)c1nsc(NCc2ccc(CN)cc2F)n1. The van der Waals surface area contributed by atoms with Crippen LogP contribution in [0.2, 0.25) is 0 Å². The molecule has 0 amide bonds. The van der Waals surface area contributed by atoms with Gasteiger partial charge in [0.05, 0.1) is 0 Å². The van der Waals surface area contributed by atoms with E-state index in [1.165, 1.54) is 17.6 Å². The molecule has 0 unspecified atom stereocenters. The van der Waals surface area contributed by atoms with E-state index in [1.54, 1.807) is 6.07 Å². The van der Waals surface area contributed by atoms with E-state index < -0.39 is 0 Å². The molecule has 4 nitrogen and oxygen atoms in total. The lowest BCUT2D eigenvalue weighted by Crippen LogP contribution is -2.04. The Labute approximate surface area is 116 Å². The maximum Gasteiger partial charge on any atom is 0.202 e. The summed E-state index contributed by atoms with van der Waals surface area (Å²) in [4.78, 5) is 4.34. The first-order chi connectivity index (χ1) is 9.10. The van der Waals surface area contributed by atoms with Gasteiger partial charge in [-0.15, -0.1) is 0 Å². The third-order valence-corrected chi connectivity index (χ3v) is 3.43. The van der Waals surface area contributed by atoms with Crippen LogP contribution in [0.1, 0.15) is 36.7 Å². The zero-order valence-electron chi connectivity index (χ0n) is 11.0. The average Bonchev–Trinajstić information content (AvgIpc) is 2.86. The maximum absolute atomic E-state index is 13.7. The molecule has 2 rings (SSSR count). The quantitative estimate of drug-likeness (QED) is 0.884. The van der Waals surface area contributed by atoms with E-state index in [0.717, 1.165) is 11.4 Å². The zero-order chi connectivity index (χ0) is 13.8. The lowest BCUT2D eigenvalue weighted by atomic mass is 10.1. The number of aromatic nitrogens is 2. The molecule has 2 aromatic rings. The molecule has 0 aliphatic rings. The van der Waals surface area contributed by atoms with Crippen molar-refractivity contribution >= 4 is 16.7 Å². The van der Waals surface area contributed by atoms with Gasteiger partial charge in [0.25, 0.3) is 0 Å².